The molecule has 2 aliphatic rings. The third kappa shape index (κ3) is 2.90. The molecule has 4 rings (SSSR count). The van der Waals surface area contributed by atoms with Crippen LogP contribution >= 0.6 is 0 Å². The Labute approximate surface area is 138 Å². The summed E-state index contributed by atoms with van der Waals surface area (Å²) in [6, 6.07) is 11.4. The fourth-order valence-corrected chi connectivity index (χ4v) is 3.41. The zero-order valence-corrected chi connectivity index (χ0v) is 13.9. The molecule has 1 fully saturated rings. The van der Waals surface area contributed by atoms with E-state index in [1.165, 1.54) is 29.7 Å². The summed E-state index contributed by atoms with van der Waals surface area (Å²) in [7, 11) is 0. The summed E-state index contributed by atoms with van der Waals surface area (Å²) in [6.45, 7) is 6.17. The third-order valence-corrected chi connectivity index (χ3v) is 4.86. The lowest BCUT2D eigenvalue weighted by Gasteiger charge is -2.36. The summed E-state index contributed by atoms with van der Waals surface area (Å²) in [5, 5.41) is 3.30. The minimum Gasteiger partial charge on any atom is -0.354 e. The molecule has 1 atom stereocenters. The van der Waals surface area contributed by atoms with E-state index in [1.807, 2.05) is 0 Å². The Morgan fingerprint density at radius 2 is 1.96 bits per heavy atom. The van der Waals surface area contributed by atoms with Crippen molar-refractivity contribution in [3.8, 4) is 0 Å². The average Bonchev–Trinajstić information content (AvgIpc) is 3.39. The first-order chi connectivity index (χ1) is 11.2. The molecule has 1 aromatic carbocycles. The molecule has 4 nitrogen and oxygen atoms in total. The van der Waals surface area contributed by atoms with Crippen molar-refractivity contribution >= 4 is 11.8 Å². The van der Waals surface area contributed by atoms with Crippen molar-refractivity contribution in [2.45, 2.75) is 51.6 Å². The van der Waals surface area contributed by atoms with Gasteiger partial charge in [0.05, 0.1) is 5.69 Å². The topological polar surface area (TPSA) is 41.1 Å². The van der Waals surface area contributed by atoms with E-state index in [-0.39, 0.29) is 0 Å². The molecule has 1 aromatic heterocycles. The normalized spacial score (nSPS) is 20.3. The Kier molecular flexibility index (Phi) is 3.68. The van der Waals surface area contributed by atoms with Gasteiger partial charge in [0.1, 0.15) is 5.82 Å². The molecule has 0 bridgehead atoms. The van der Waals surface area contributed by atoms with Gasteiger partial charge in [-0.15, -0.1) is 0 Å². The molecule has 1 N–H and O–H groups in total. The molecule has 4 heteroatoms. The molecule has 0 saturated heterocycles. The van der Waals surface area contributed by atoms with Crippen LogP contribution in [0.2, 0.25) is 0 Å². The van der Waals surface area contributed by atoms with E-state index in [0.717, 1.165) is 31.3 Å². The fraction of sp³-hybridized carbons (Fsp3) is 0.474. The summed E-state index contributed by atoms with van der Waals surface area (Å²) >= 11 is 0. The maximum absolute atomic E-state index is 4.78. The lowest BCUT2D eigenvalue weighted by molar-refractivity contribution is 0.586. The minimum absolute atomic E-state index is 0.460. The van der Waals surface area contributed by atoms with Gasteiger partial charge in [-0.05, 0) is 44.2 Å². The highest BCUT2D eigenvalue weighted by molar-refractivity contribution is 5.50. The second-order valence-corrected chi connectivity index (χ2v) is 6.73. The first-order valence-electron chi connectivity index (χ1n) is 8.71. The van der Waals surface area contributed by atoms with Gasteiger partial charge in [0.2, 0.25) is 5.95 Å². The van der Waals surface area contributed by atoms with Gasteiger partial charge in [0.15, 0.2) is 0 Å². The Morgan fingerprint density at radius 3 is 2.70 bits per heavy atom. The zero-order chi connectivity index (χ0) is 15.8. The van der Waals surface area contributed by atoms with Crippen molar-refractivity contribution in [1.82, 2.24) is 9.97 Å². The van der Waals surface area contributed by atoms with Gasteiger partial charge in [-0.3, -0.25) is 0 Å². The van der Waals surface area contributed by atoms with Crippen molar-refractivity contribution in [2.24, 2.45) is 0 Å². The van der Waals surface area contributed by atoms with Crippen LogP contribution < -0.4 is 10.2 Å². The SMILES string of the molecule is CCNc1nc(C2CC2)cc(N2Cc3ccccc3C[C@@H]2C)n1. The number of hydrogen-bond donors (Lipinski definition) is 1. The van der Waals surface area contributed by atoms with Gasteiger partial charge in [0, 0.05) is 31.1 Å². The number of fused-ring (bicyclic) bond motifs is 1. The van der Waals surface area contributed by atoms with E-state index >= 15 is 0 Å². The second-order valence-electron chi connectivity index (χ2n) is 6.73. The number of rotatable bonds is 4. The molecule has 2 heterocycles. The van der Waals surface area contributed by atoms with Crippen LogP contribution in [0.5, 0.6) is 0 Å². The highest BCUT2D eigenvalue weighted by Gasteiger charge is 2.29. The number of hydrogen-bond acceptors (Lipinski definition) is 4. The quantitative estimate of drug-likeness (QED) is 0.934. The molecular formula is C19H24N4. The number of anilines is 2. The molecule has 0 unspecified atom stereocenters. The molecule has 23 heavy (non-hydrogen) atoms. The number of nitrogens with zero attached hydrogens (tertiary/aromatic N) is 3. The van der Waals surface area contributed by atoms with Crippen molar-refractivity contribution in [1.29, 1.82) is 0 Å². The van der Waals surface area contributed by atoms with E-state index in [1.54, 1.807) is 0 Å². The smallest absolute Gasteiger partial charge is 0.224 e. The van der Waals surface area contributed by atoms with Crippen LogP contribution in [0.15, 0.2) is 30.3 Å². The Morgan fingerprint density at radius 1 is 1.17 bits per heavy atom. The monoisotopic (exact) mass is 308 g/mol. The largest absolute Gasteiger partial charge is 0.354 e. The van der Waals surface area contributed by atoms with Crippen molar-refractivity contribution in [3.05, 3.63) is 47.2 Å². The molecular weight excluding hydrogens is 284 g/mol. The van der Waals surface area contributed by atoms with Crippen LogP contribution in [0.3, 0.4) is 0 Å². The lowest BCUT2D eigenvalue weighted by Crippen LogP contribution is -2.39. The van der Waals surface area contributed by atoms with Gasteiger partial charge < -0.3 is 10.2 Å². The molecule has 0 radical (unpaired) electrons. The lowest BCUT2D eigenvalue weighted by atomic mass is 9.95. The van der Waals surface area contributed by atoms with Crippen molar-refractivity contribution in [2.75, 3.05) is 16.8 Å². The van der Waals surface area contributed by atoms with Gasteiger partial charge in [-0.25, -0.2) is 4.98 Å². The van der Waals surface area contributed by atoms with Crippen LogP contribution in [0.1, 0.15) is 49.4 Å². The predicted octanol–water partition coefficient (Wildman–Crippen LogP) is 3.74. The average molecular weight is 308 g/mol. The van der Waals surface area contributed by atoms with Crippen LogP contribution in [-0.4, -0.2) is 22.6 Å². The highest BCUT2D eigenvalue weighted by Crippen LogP contribution is 2.40. The first kappa shape index (κ1) is 14.5. The van der Waals surface area contributed by atoms with E-state index < -0.39 is 0 Å². The maximum Gasteiger partial charge on any atom is 0.224 e. The number of benzene rings is 1. The van der Waals surface area contributed by atoms with Gasteiger partial charge >= 0.3 is 0 Å². The van der Waals surface area contributed by atoms with E-state index in [4.69, 9.17) is 9.97 Å². The third-order valence-electron chi connectivity index (χ3n) is 4.86. The van der Waals surface area contributed by atoms with Gasteiger partial charge in [-0.2, -0.15) is 4.98 Å². The summed E-state index contributed by atoms with van der Waals surface area (Å²) < 4.78 is 0. The standard InChI is InChI=1S/C19H24N4/c1-3-20-19-21-17(14-8-9-14)11-18(22-19)23-12-16-7-5-4-6-15(16)10-13(23)2/h4-7,11,13-14H,3,8-10,12H2,1-2H3,(H,20,21,22)/t13-/m0/s1. The molecule has 1 aliphatic carbocycles. The predicted molar refractivity (Wildman–Crippen MR) is 94.0 cm³/mol. The van der Waals surface area contributed by atoms with Crippen LogP contribution in [0.25, 0.3) is 0 Å². The van der Waals surface area contributed by atoms with Crippen molar-refractivity contribution < 1.29 is 0 Å². The molecule has 0 spiro atoms. The maximum atomic E-state index is 4.78. The second kappa shape index (κ2) is 5.84. The molecule has 120 valence electrons. The zero-order valence-electron chi connectivity index (χ0n) is 13.9. The molecule has 0 amide bonds. The van der Waals surface area contributed by atoms with Crippen LogP contribution in [0.4, 0.5) is 11.8 Å². The summed E-state index contributed by atoms with van der Waals surface area (Å²) in [5.74, 6) is 2.49. The van der Waals surface area contributed by atoms with Gasteiger partial charge in [0.25, 0.3) is 0 Å². The summed E-state index contributed by atoms with van der Waals surface area (Å²) in [4.78, 5) is 11.9. The number of nitrogens with one attached hydrogen (secondary N) is 1. The Hall–Kier alpha value is -2.10. The van der Waals surface area contributed by atoms with Crippen LogP contribution in [0, 0.1) is 0 Å². The van der Waals surface area contributed by atoms with E-state index in [9.17, 15) is 0 Å². The summed E-state index contributed by atoms with van der Waals surface area (Å²) in [5.41, 5.74) is 4.10. The van der Waals surface area contributed by atoms with Gasteiger partial charge in [-0.1, -0.05) is 24.3 Å². The molecule has 2 aromatic rings. The Balaban J connectivity index is 1.69. The fourth-order valence-electron chi connectivity index (χ4n) is 3.41. The van der Waals surface area contributed by atoms with Crippen LogP contribution in [-0.2, 0) is 13.0 Å². The molecule has 1 saturated carbocycles. The minimum atomic E-state index is 0.460. The van der Waals surface area contributed by atoms with Crippen molar-refractivity contribution in [3.63, 3.8) is 0 Å². The molecule has 1 aliphatic heterocycles. The first-order valence-corrected chi connectivity index (χ1v) is 8.71. The highest BCUT2D eigenvalue weighted by atomic mass is 15.2. The number of aromatic nitrogens is 2. The van der Waals surface area contributed by atoms with E-state index in [2.05, 4.69) is 54.4 Å². The Bertz CT molecular complexity index is 708. The summed E-state index contributed by atoms with van der Waals surface area (Å²) in [6.07, 6.45) is 3.61. The van der Waals surface area contributed by atoms with E-state index in [0.29, 0.717) is 12.0 Å².